The number of esters is 1. The molecular formula is C29H29F3N2O3S. The van der Waals surface area contributed by atoms with E-state index in [1.807, 2.05) is 50.2 Å². The SMILES string of the molecule is Cc1ccc2c(c1)c(CSc1ccc(OCC(=O)OC(C)(C)C)c(C)c1)nn2-c1ccc(C(F)(F)F)cc1. The molecule has 0 aliphatic rings. The largest absolute Gasteiger partial charge is 0.482 e. The Morgan fingerprint density at radius 3 is 2.32 bits per heavy atom. The number of nitrogens with zero attached hydrogens (tertiary/aromatic N) is 2. The number of alkyl halides is 3. The number of halogens is 3. The summed E-state index contributed by atoms with van der Waals surface area (Å²) in [7, 11) is 0. The van der Waals surface area contributed by atoms with E-state index in [0.717, 1.165) is 44.8 Å². The Balaban J connectivity index is 1.51. The summed E-state index contributed by atoms with van der Waals surface area (Å²) in [6, 6.07) is 16.7. The second-order valence-corrected chi connectivity index (χ2v) is 11.1. The number of hydrogen-bond acceptors (Lipinski definition) is 5. The highest BCUT2D eigenvalue weighted by Crippen LogP contribution is 2.33. The van der Waals surface area contributed by atoms with Crippen molar-refractivity contribution in [2.75, 3.05) is 6.61 Å². The van der Waals surface area contributed by atoms with Gasteiger partial charge in [-0.15, -0.1) is 11.8 Å². The van der Waals surface area contributed by atoms with Gasteiger partial charge in [-0.1, -0.05) is 11.6 Å². The van der Waals surface area contributed by atoms with E-state index in [-0.39, 0.29) is 6.61 Å². The van der Waals surface area contributed by atoms with Crippen molar-refractivity contribution in [3.05, 3.63) is 83.0 Å². The fraction of sp³-hybridized carbons (Fsp3) is 0.310. The van der Waals surface area contributed by atoms with Gasteiger partial charge in [-0.2, -0.15) is 18.3 Å². The van der Waals surface area contributed by atoms with E-state index in [0.29, 0.717) is 17.2 Å². The van der Waals surface area contributed by atoms with Gasteiger partial charge in [0.2, 0.25) is 0 Å². The summed E-state index contributed by atoms with van der Waals surface area (Å²) in [6.07, 6.45) is -4.39. The van der Waals surface area contributed by atoms with Gasteiger partial charge in [0.1, 0.15) is 11.4 Å². The van der Waals surface area contributed by atoms with Crippen molar-refractivity contribution in [1.82, 2.24) is 9.78 Å². The van der Waals surface area contributed by atoms with E-state index in [1.165, 1.54) is 12.1 Å². The van der Waals surface area contributed by atoms with Crippen LogP contribution in [0.4, 0.5) is 13.2 Å². The van der Waals surface area contributed by atoms with Crippen molar-refractivity contribution in [1.29, 1.82) is 0 Å². The monoisotopic (exact) mass is 542 g/mol. The zero-order valence-corrected chi connectivity index (χ0v) is 22.7. The van der Waals surface area contributed by atoms with Crippen LogP contribution in [-0.2, 0) is 21.5 Å². The molecule has 0 unspecified atom stereocenters. The van der Waals surface area contributed by atoms with Crippen LogP contribution in [0.3, 0.4) is 0 Å². The number of benzene rings is 3. The smallest absolute Gasteiger partial charge is 0.416 e. The summed E-state index contributed by atoms with van der Waals surface area (Å²) in [6.45, 7) is 9.15. The van der Waals surface area contributed by atoms with Gasteiger partial charge in [0.25, 0.3) is 0 Å². The molecule has 38 heavy (non-hydrogen) atoms. The van der Waals surface area contributed by atoms with E-state index in [2.05, 4.69) is 0 Å². The van der Waals surface area contributed by atoms with E-state index >= 15 is 0 Å². The molecule has 0 amide bonds. The average molecular weight is 543 g/mol. The van der Waals surface area contributed by atoms with Crippen molar-refractivity contribution in [2.45, 2.75) is 57.0 Å². The van der Waals surface area contributed by atoms with Crippen LogP contribution in [-0.4, -0.2) is 28.0 Å². The summed E-state index contributed by atoms with van der Waals surface area (Å²) in [5, 5.41) is 5.71. The fourth-order valence-corrected chi connectivity index (χ4v) is 4.86. The average Bonchev–Trinajstić information content (AvgIpc) is 3.18. The lowest BCUT2D eigenvalue weighted by molar-refractivity contribution is -0.157. The van der Waals surface area contributed by atoms with Crippen molar-refractivity contribution < 1.29 is 27.4 Å². The third-order valence-corrected chi connectivity index (χ3v) is 6.64. The molecule has 0 atom stereocenters. The van der Waals surface area contributed by atoms with E-state index in [1.54, 1.807) is 37.2 Å². The Labute approximate surface area is 223 Å². The third-order valence-electron chi connectivity index (χ3n) is 5.64. The lowest BCUT2D eigenvalue weighted by Gasteiger charge is -2.19. The topological polar surface area (TPSA) is 53.4 Å². The number of aryl methyl sites for hydroxylation is 2. The molecule has 0 spiro atoms. The van der Waals surface area contributed by atoms with Gasteiger partial charge in [0.15, 0.2) is 6.61 Å². The van der Waals surface area contributed by atoms with E-state index in [4.69, 9.17) is 14.6 Å². The Morgan fingerprint density at radius 1 is 0.974 bits per heavy atom. The minimum Gasteiger partial charge on any atom is -0.482 e. The number of aromatic nitrogens is 2. The predicted octanol–water partition coefficient (Wildman–Crippen LogP) is 7.67. The first kappa shape index (κ1) is 27.6. The fourth-order valence-electron chi connectivity index (χ4n) is 3.92. The number of hydrogen-bond donors (Lipinski definition) is 0. The molecule has 200 valence electrons. The Kier molecular flexibility index (Phi) is 7.78. The van der Waals surface area contributed by atoms with Gasteiger partial charge >= 0.3 is 12.1 Å². The van der Waals surface area contributed by atoms with Gasteiger partial charge in [-0.25, -0.2) is 9.48 Å². The van der Waals surface area contributed by atoms with Gasteiger partial charge < -0.3 is 9.47 Å². The highest BCUT2D eigenvalue weighted by atomic mass is 32.2. The molecule has 0 bridgehead atoms. The summed E-state index contributed by atoms with van der Waals surface area (Å²) >= 11 is 1.59. The summed E-state index contributed by atoms with van der Waals surface area (Å²) in [5.41, 5.74) is 2.90. The van der Waals surface area contributed by atoms with Crippen LogP contribution >= 0.6 is 11.8 Å². The number of rotatable bonds is 7. The molecule has 0 fully saturated rings. The maximum absolute atomic E-state index is 13.0. The maximum atomic E-state index is 13.0. The maximum Gasteiger partial charge on any atom is 0.416 e. The lowest BCUT2D eigenvalue weighted by Crippen LogP contribution is -2.27. The summed E-state index contributed by atoms with van der Waals surface area (Å²) < 4.78 is 51.7. The van der Waals surface area contributed by atoms with Crippen LogP contribution in [0, 0.1) is 13.8 Å². The second kappa shape index (κ2) is 10.7. The van der Waals surface area contributed by atoms with Gasteiger partial charge in [-0.05, 0) is 94.8 Å². The van der Waals surface area contributed by atoms with E-state index < -0.39 is 23.3 Å². The van der Waals surface area contributed by atoms with Gasteiger partial charge in [0.05, 0.1) is 22.5 Å². The Morgan fingerprint density at radius 2 is 1.68 bits per heavy atom. The minimum absolute atomic E-state index is 0.169. The molecule has 4 aromatic rings. The summed E-state index contributed by atoms with van der Waals surface area (Å²) in [5.74, 6) is 0.736. The van der Waals surface area contributed by atoms with Crippen molar-refractivity contribution in [2.24, 2.45) is 0 Å². The van der Waals surface area contributed by atoms with Gasteiger partial charge in [0, 0.05) is 16.0 Å². The molecule has 0 saturated carbocycles. The Hall–Kier alpha value is -3.46. The third kappa shape index (κ3) is 6.69. The molecule has 4 rings (SSSR count). The zero-order chi connectivity index (χ0) is 27.7. The molecule has 0 saturated heterocycles. The van der Waals surface area contributed by atoms with Crippen LogP contribution in [0.25, 0.3) is 16.6 Å². The quantitative estimate of drug-likeness (QED) is 0.177. The lowest BCUT2D eigenvalue weighted by atomic mass is 10.1. The molecule has 1 heterocycles. The summed E-state index contributed by atoms with van der Waals surface area (Å²) in [4.78, 5) is 13.0. The number of ether oxygens (including phenoxy) is 2. The molecule has 0 N–H and O–H groups in total. The zero-order valence-electron chi connectivity index (χ0n) is 21.8. The van der Waals surface area contributed by atoms with Crippen LogP contribution in [0.15, 0.2) is 65.6 Å². The van der Waals surface area contributed by atoms with Crippen LogP contribution in [0.1, 0.15) is 43.2 Å². The van der Waals surface area contributed by atoms with Gasteiger partial charge in [-0.3, -0.25) is 0 Å². The molecule has 5 nitrogen and oxygen atoms in total. The van der Waals surface area contributed by atoms with Crippen molar-refractivity contribution >= 4 is 28.6 Å². The van der Waals surface area contributed by atoms with Crippen LogP contribution < -0.4 is 4.74 Å². The van der Waals surface area contributed by atoms with Crippen LogP contribution in [0.5, 0.6) is 5.75 Å². The molecule has 3 aromatic carbocycles. The number of fused-ring (bicyclic) bond motifs is 1. The van der Waals surface area contributed by atoms with Crippen molar-refractivity contribution in [3.63, 3.8) is 0 Å². The second-order valence-electron chi connectivity index (χ2n) is 10.0. The molecule has 9 heteroatoms. The first-order valence-corrected chi connectivity index (χ1v) is 13.0. The first-order chi connectivity index (χ1) is 17.8. The van der Waals surface area contributed by atoms with Crippen LogP contribution in [0.2, 0.25) is 0 Å². The first-order valence-electron chi connectivity index (χ1n) is 12.0. The normalized spacial score (nSPS) is 12.1. The molecule has 1 aromatic heterocycles. The standard InChI is InChI=1S/C29H29F3N2O3S/c1-18-6-12-25-23(14-18)24(33-34(25)21-9-7-20(8-10-21)29(30,31)32)17-38-22-11-13-26(19(2)15-22)36-16-27(35)37-28(3,4)5/h6-15H,16-17H2,1-5H3. The number of carbonyl (C=O) groups is 1. The predicted molar refractivity (Wildman–Crippen MR) is 143 cm³/mol. The Bertz CT molecular complexity index is 1460. The van der Waals surface area contributed by atoms with E-state index in [9.17, 15) is 18.0 Å². The highest BCUT2D eigenvalue weighted by molar-refractivity contribution is 7.98. The molecular weight excluding hydrogens is 513 g/mol. The van der Waals surface area contributed by atoms with Crippen molar-refractivity contribution in [3.8, 4) is 11.4 Å². The molecule has 0 radical (unpaired) electrons. The number of carbonyl (C=O) groups excluding carboxylic acids is 1. The number of thioether (sulfide) groups is 1. The molecule has 0 aliphatic carbocycles. The highest BCUT2D eigenvalue weighted by Gasteiger charge is 2.30. The minimum atomic E-state index is -4.39. The molecule has 0 aliphatic heterocycles.